The van der Waals surface area contributed by atoms with Crippen LogP contribution >= 0.6 is 0 Å². The van der Waals surface area contributed by atoms with Gasteiger partial charge in [0.15, 0.2) is 6.61 Å². The largest absolute Gasteiger partial charge is 0.484 e. The minimum Gasteiger partial charge on any atom is -0.484 e. The fourth-order valence-electron chi connectivity index (χ4n) is 1.48. The summed E-state index contributed by atoms with van der Waals surface area (Å²) in [6, 6.07) is 7.88. The highest BCUT2D eigenvalue weighted by molar-refractivity contribution is 5.77. The number of benzene rings is 1. The van der Waals surface area contributed by atoms with Crippen molar-refractivity contribution in [3.63, 3.8) is 0 Å². The Morgan fingerprint density at radius 2 is 2.00 bits per heavy atom. The summed E-state index contributed by atoms with van der Waals surface area (Å²) in [5.74, 6) is 1.60. The molecule has 3 nitrogen and oxygen atoms in total. The summed E-state index contributed by atoms with van der Waals surface area (Å²) in [7, 11) is 0. The van der Waals surface area contributed by atoms with Crippen molar-refractivity contribution in [3.05, 3.63) is 29.8 Å². The summed E-state index contributed by atoms with van der Waals surface area (Å²) >= 11 is 0. The monoisotopic (exact) mass is 249 g/mol. The van der Waals surface area contributed by atoms with E-state index in [1.165, 1.54) is 5.56 Å². The second kappa shape index (κ2) is 7.04. The zero-order valence-corrected chi connectivity index (χ0v) is 11.7. The van der Waals surface area contributed by atoms with E-state index in [0.29, 0.717) is 18.4 Å². The maximum Gasteiger partial charge on any atom is 0.257 e. The molecule has 0 unspecified atom stereocenters. The number of amides is 1. The van der Waals surface area contributed by atoms with Crippen molar-refractivity contribution in [2.24, 2.45) is 5.92 Å². The van der Waals surface area contributed by atoms with Gasteiger partial charge in [-0.3, -0.25) is 4.79 Å². The van der Waals surface area contributed by atoms with Crippen LogP contribution in [0.2, 0.25) is 0 Å². The number of hydrogen-bond acceptors (Lipinski definition) is 2. The molecule has 0 aliphatic rings. The first-order valence-corrected chi connectivity index (χ1v) is 6.48. The van der Waals surface area contributed by atoms with E-state index in [4.69, 9.17) is 4.74 Å². The molecule has 1 N–H and O–H groups in total. The van der Waals surface area contributed by atoms with Gasteiger partial charge in [0.2, 0.25) is 0 Å². The minimum atomic E-state index is -0.0707. The van der Waals surface area contributed by atoms with Gasteiger partial charge in [0.25, 0.3) is 5.91 Å². The van der Waals surface area contributed by atoms with E-state index in [2.05, 4.69) is 39.1 Å². The number of ether oxygens (including phenoxy) is 1. The molecule has 100 valence electrons. The molecule has 1 amide bonds. The topological polar surface area (TPSA) is 38.3 Å². The van der Waals surface area contributed by atoms with Gasteiger partial charge in [-0.15, -0.1) is 0 Å². The molecule has 0 fully saturated rings. The third-order valence-corrected chi connectivity index (χ3v) is 2.60. The zero-order chi connectivity index (χ0) is 13.5. The molecular weight excluding hydrogens is 226 g/mol. The number of carbonyl (C=O) groups excluding carboxylic acids is 1. The highest BCUT2D eigenvalue weighted by Gasteiger charge is 2.05. The van der Waals surface area contributed by atoms with Crippen LogP contribution in [0.5, 0.6) is 5.75 Å². The van der Waals surface area contributed by atoms with Gasteiger partial charge in [0.05, 0.1) is 0 Å². The number of hydrogen-bond donors (Lipinski definition) is 1. The van der Waals surface area contributed by atoms with Crippen molar-refractivity contribution < 1.29 is 9.53 Å². The van der Waals surface area contributed by atoms with Gasteiger partial charge in [-0.05, 0) is 29.5 Å². The Morgan fingerprint density at radius 3 is 2.61 bits per heavy atom. The standard InChI is InChI=1S/C15H23NO2/c1-11(2)9-16-15(17)10-18-14-7-5-6-13(8-14)12(3)4/h5-8,11-12H,9-10H2,1-4H3,(H,16,17). The third kappa shape index (κ3) is 5.21. The normalized spacial score (nSPS) is 10.8. The summed E-state index contributed by atoms with van der Waals surface area (Å²) in [5, 5.41) is 2.83. The average Bonchev–Trinajstić information content (AvgIpc) is 2.34. The lowest BCUT2D eigenvalue weighted by Gasteiger charge is -2.11. The second-order valence-corrected chi connectivity index (χ2v) is 5.21. The Hall–Kier alpha value is -1.51. The van der Waals surface area contributed by atoms with E-state index in [1.807, 2.05) is 18.2 Å². The van der Waals surface area contributed by atoms with Crippen molar-refractivity contribution in [3.8, 4) is 5.75 Å². The van der Waals surface area contributed by atoms with Crippen molar-refractivity contribution in [2.75, 3.05) is 13.2 Å². The van der Waals surface area contributed by atoms with Crippen molar-refractivity contribution in [1.82, 2.24) is 5.32 Å². The quantitative estimate of drug-likeness (QED) is 0.841. The summed E-state index contributed by atoms with van der Waals surface area (Å²) in [5.41, 5.74) is 1.22. The van der Waals surface area contributed by atoms with Gasteiger partial charge < -0.3 is 10.1 Å². The molecule has 0 saturated heterocycles. The van der Waals surface area contributed by atoms with Gasteiger partial charge in [-0.1, -0.05) is 39.8 Å². The summed E-state index contributed by atoms with van der Waals surface area (Å²) in [6.45, 7) is 9.16. The van der Waals surface area contributed by atoms with Crippen LogP contribution in [0.15, 0.2) is 24.3 Å². The highest BCUT2D eigenvalue weighted by atomic mass is 16.5. The van der Waals surface area contributed by atoms with Gasteiger partial charge in [-0.2, -0.15) is 0 Å². The Morgan fingerprint density at radius 1 is 1.28 bits per heavy atom. The van der Waals surface area contributed by atoms with Crippen LogP contribution in [0.25, 0.3) is 0 Å². The predicted molar refractivity (Wildman–Crippen MR) is 73.9 cm³/mol. The molecule has 0 bridgehead atoms. The van der Waals surface area contributed by atoms with Crippen molar-refractivity contribution >= 4 is 5.91 Å². The fraction of sp³-hybridized carbons (Fsp3) is 0.533. The zero-order valence-electron chi connectivity index (χ0n) is 11.7. The molecule has 1 aromatic rings. The van der Waals surface area contributed by atoms with Gasteiger partial charge in [0, 0.05) is 6.54 Å². The molecule has 0 radical (unpaired) electrons. The smallest absolute Gasteiger partial charge is 0.257 e. The molecule has 0 aromatic heterocycles. The van der Waals surface area contributed by atoms with Gasteiger partial charge in [0.1, 0.15) is 5.75 Å². The number of rotatable bonds is 6. The minimum absolute atomic E-state index is 0.0707. The van der Waals surface area contributed by atoms with Crippen LogP contribution in [0.4, 0.5) is 0 Å². The Balaban J connectivity index is 2.43. The molecule has 1 aromatic carbocycles. The van der Waals surface area contributed by atoms with Gasteiger partial charge >= 0.3 is 0 Å². The first-order valence-electron chi connectivity index (χ1n) is 6.48. The lowest BCUT2D eigenvalue weighted by Crippen LogP contribution is -2.31. The average molecular weight is 249 g/mol. The van der Waals surface area contributed by atoms with Crippen LogP contribution in [0.1, 0.15) is 39.2 Å². The van der Waals surface area contributed by atoms with Crippen LogP contribution < -0.4 is 10.1 Å². The summed E-state index contributed by atoms with van der Waals surface area (Å²) in [6.07, 6.45) is 0. The second-order valence-electron chi connectivity index (χ2n) is 5.21. The highest BCUT2D eigenvalue weighted by Crippen LogP contribution is 2.19. The molecule has 1 rings (SSSR count). The molecule has 0 atom stereocenters. The third-order valence-electron chi connectivity index (χ3n) is 2.60. The fourth-order valence-corrected chi connectivity index (χ4v) is 1.48. The number of nitrogens with one attached hydrogen (secondary N) is 1. The van der Waals surface area contributed by atoms with Crippen LogP contribution in [0.3, 0.4) is 0 Å². The van der Waals surface area contributed by atoms with Gasteiger partial charge in [-0.25, -0.2) is 0 Å². The lowest BCUT2D eigenvalue weighted by molar-refractivity contribution is -0.123. The van der Waals surface area contributed by atoms with Crippen LogP contribution in [-0.4, -0.2) is 19.1 Å². The SMILES string of the molecule is CC(C)CNC(=O)COc1cccc(C(C)C)c1. The summed E-state index contributed by atoms with van der Waals surface area (Å²) < 4.78 is 5.48. The molecule has 0 aliphatic carbocycles. The molecule has 0 aliphatic heterocycles. The maximum absolute atomic E-state index is 11.5. The molecule has 3 heteroatoms. The van der Waals surface area contributed by atoms with E-state index < -0.39 is 0 Å². The van der Waals surface area contributed by atoms with E-state index in [-0.39, 0.29) is 12.5 Å². The molecular formula is C15H23NO2. The Kier molecular flexibility index (Phi) is 5.69. The molecule has 0 heterocycles. The molecule has 0 spiro atoms. The number of carbonyl (C=O) groups is 1. The van der Waals surface area contributed by atoms with E-state index in [1.54, 1.807) is 0 Å². The lowest BCUT2D eigenvalue weighted by atomic mass is 10.0. The molecule has 0 saturated carbocycles. The Labute approximate surface area is 110 Å². The first kappa shape index (κ1) is 14.6. The van der Waals surface area contributed by atoms with Crippen molar-refractivity contribution in [1.29, 1.82) is 0 Å². The van der Waals surface area contributed by atoms with Crippen LogP contribution in [0, 0.1) is 5.92 Å². The first-order chi connectivity index (χ1) is 8.49. The maximum atomic E-state index is 11.5. The van der Waals surface area contributed by atoms with Crippen molar-refractivity contribution in [2.45, 2.75) is 33.6 Å². The Bertz CT molecular complexity index is 386. The van der Waals surface area contributed by atoms with E-state index in [9.17, 15) is 4.79 Å². The predicted octanol–water partition coefficient (Wildman–Crippen LogP) is 2.96. The van der Waals surface area contributed by atoms with E-state index in [0.717, 1.165) is 5.75 Å². The molecule has 18 heavy (non-hydrogen) atoms. The summed E-state index contributed by atoms with van der Waals surface area (Å²) in [4.78, 5) is 11.5. The van der Waals surface area contributed by atoms with E-state index >= 15 is 0 Å². The van der Waals surface area contributed by atoms with Crippen LogP contribution in [-0.2, 0) is 4.79 Å².